The molecule has 19 heavy (non-hydrogen) atoms. The number of halogens is 2. The van der Waals surface area contributed by atoms with E-state index in [2.05, 4.69) is 12.2 Å². The molecule has 0 aliphatic heterocycles. The van der Waals surface area contributed by atoms with E-state index in [0.29, 0.717) is 5.92 Å². The van der Waals surface area contributed by atoms with Gasteiger partial charge in [0.15, 0.2) is 0 Å². The first-order valence-electron chi connectivity index (χ1n) is 7.28. The molecule has 1 fully saturated rings. The summed E-state index contributed by atoms with van der Waals surface area (Å²) >= 11 is 6.14. The van der Waals surface area contributed by atoms with Crippen LogP contribution in [0.1, 0.15) is 50.6 Å². The van der Waals surface area contributed by atoms with Crippen LogP contribution in [0.15, 0.2) is 18.2 Å². The molecule has 0 spiro atoms. The average Bonchev–Trinajstić information content (AvgIpc) is 2.44. The molecule has 1 nitrogen and oxygen atoms in total. The predicted molar refractivity (Wildman–Crippen MR) is 78.9 cm³/mol. The van der Waals surface area contributed by atoms with Gasteiger partial charge < -0.3 is 5.32 Å². The normalized spacial score (nSPS) is 25.3. The SMILES string of the molecule is CCC1CCCC(C(NC)c2cccc(F)c2Cl)C1. The zero-order valence-corrected chi connectivity index (χ0v) is 12.5. The van der Waals surface area contributed by atoms with E-state index in [1.165, 1.54) is 38.2 Å². The molecule has 1 saturated carbocycles. The molecule has 3 atom stereocenters. The third kappa shape index (κ3) is 3.29. The molecular formula is C16H23ClFN. The summed E-state index contributed by atoms with van der Waals surface area (Å²) in [6.07, 6.45) is 6.27. The Hall–Kier alpha value is -0.600. The molecule has 0 radical (unpaired) electrons. The molecule has 0 amide bonds. The molecule has 3 heteroatoms. The highest BCUT2D eigenvalue weighted by Gasteiger charge is 2.29. The van der Waals surface area contributed by atoms with E-state index < -0.39 is 0 Å². The Kier molecular flexibility index (Phi) is 5.23. The lowest BCUT2D eigenvalue weighted by atomic mass is 9.75. The van der Waals surface area contributed by atoms with Crippen molar-refractivity contribution >= 4 is 11.6 Å². The maximum Gasteiger partial charge on any atom is 0.142 e. The fourth-order valence-electron chi connectivity index (χ4n) is 3.41. The van der Waals surface area contributed by atoms with Crippen LogP contribution in [0.25, 0.3) is 0 Å². The minimum absolute atomic E-state index is 0.164. The molecule has 2 rings (SSSR count). The van der Waals surface area contributed by atoms with Gasteiger partial charge in [-0.1, -0.05) is 49.9 Å². The molecule has 1 aromatic rings. The molecule has 1 N–H and O–H groups in total. The summed E-state index contributed by atoms with van der Waals surface area (Å²) in [7, 11) is 1.95. The second-order valence-corrected chi connectivity index (χ2v) is 5.99. The van der Waals surface area contributed by atoms with E-state index in [1.54, 1.807) is 6.07 Å². The summed E-state index contributed by atoms with van der Waals surface area (Å²) < 4.78 is 13.6. The van der Waals surface area contributed by atoms with Crippen molar-refractivity contribution in [3.8, 4) is 0 Å². The van der Waals surface area contributed by atoms with E-state index in [4.69, 9.17) is 11.6 Å². The van der Waals surface area contributed by atoms with Gasteiger partial charge in [-0.2, -0.15) is 0 Å². The fourth-order valence-corrected chi connectivity index (χ4v) is 3.66. The summed E-state index contributed by atoms with van der Waals surface area (Å²) in [5, 5.41) is 3.63. The van der Waals surface area contributed by atoms with Gasteiger partial charge in [0.25, 0.3) is 0 Å². The molecule has 106 valence electrons. The number of benzene rings is 1. The highest BCUT2D eigenvalue weighted by molar-refractivity contribution is 6.31. The average molecular weight is 284 g/mol. The van der Waals surface area contributed by atoms with Crippen molar-refractivity contribution in [3.63, 3.8) is 0 Å². The molecule has 0 bridgehead atoms. The molecule has 0 aromatic heterocycles. The smallest absolute Gasteiger partial charge is 0.142 e. The Morgan fingerprint density at radius 3 is 2.89 bits per heavy atom. The molecule has 1 aliphatic carbocycles. The Labute approximate surface area is 120 Å². The highest BCUT2D eigenvalue weighted by atomic mass is 35.5. The fraction of sp³-hybridized carbons (Fsp3) is 0.625. The maximum atomic E-state index is 13.6. The molecule has 0 saturated heterocycles. The van der Waals surface area contributed by atoms with Crippen molar-refractivity contribution in [1.29, 1.82) is 0 Å². The third-order valence-electron chi connectivity index (χ3n) is 4.50. The van der Waals surface area contributed by atoms with E-state index in [9.17, 15) is 4.39 Å². The molecule has 0 heterocycles. The van der Waals surface area contributed by atoms with Gasteiger partial charge in [0.05, 0.1) is 5.02 Å². The lowest BCUT2D eigenvalue weighted by molar-refractivity contribution is 0.214. The van der Waals surface area contributed by atoms with Gasteiger partial charge in [-0.3, -0.25) is 0 Å². The van der Waals surface area contributed by atoms with Crippen molar-refractivity contribution in [2.45, 2.75) is 45.1 Å². The van der Waals surface area contributed by atoms with E-state index >= 15 is 0 Å². The van der Waals surface area contributed by atoms with Crippen LogP contribution >= 0.6 is 11.6 Å². The number of rotatable bonds is 4. The lowest BCUT2D eigenvalue weighted by Crippen LogP contribution is -2.29. The van der Waals surface area contributed by atoms with E-state index in [1.807, 2.05) is 13.1 Å². The topological polar surface area (TPSA) is 12.0 Å². The Bertz CT molecular complexity index is 421. The zero-order valence-electron chi connectivity index (χ0n) is 11.8. The van der Waals surface area contributed by atoms with Crippen molar-refractivity contribution in [2.75, 3.05) is 7.05 Å². The maximum absolute atomic E-state index is 13.6. The van der Waals surface area contributed by atoms with Gasteiger partial charge in [-0.15, -0.1) is 0 Å². The summed E-state index contributed by atoms with van der Waals surface area (Å²) in [4.78, 5) is 0. The van der Waals surface area contributed by atoms with Crippen molar-refractivity contribution < 1.29 is 4.39 Å². The first-order chi connectivity index (χ1) is 9.17. The number of hydrogen-bond acceptors (Lipinski definition) is 1. The Balaban J connectivity index is 2.21. The van der Waals surface area contributed by atoms with Crippen molar-refractivity contribution in [3.05, 3.63) is 34.6 Å². The lowest BCUT2D eigenvalue weighted by Gasteiger charge is -2.34. The zero-order chi connectivity index (χ0) is 13.8. The van der Waals surface area contributed by atoms with Crippen LogP contribution in [0.4, 0.5) is 4.39 Å². The van der Waals surface area contributed by atoms with E-state index in [0.717, 1.165) is 11.5 Å². The summed E-state index contributed by atoms with van der Waals surface area (Å²) in [5.74, 6) is 1.05. The molecule has 3 unspecified atom stereocenters. The van der Waals surface area contributed by atoms with Gasteiger partial charge in [0, 0.05) is 6.04 Å². The quantitative estimate of drug-likeness (QED) is 0.824. The number of hydrogen-bond donors (Lipinski definition) is 1. The second-order valence-electron chi connectivity index (χ2n) is 5.61. The van der Waals surface area contributed by atoms with Gasteiger partial charge in [0.1, 0.15) is 5.82 Å². The monoisotopic (exact) mass is 283 g/mol. The molecule has 1 aromatic carbocycles. The van der Waals surface area contributed by atoms with Gasteiger partial charge in [-0.05, 0) is 43.4 Å². The standard InChI is InChI=1S/C16H23ClFN/c1-3-11-6-4-7-12(10-11)16(19-2)13-8-5-9-14(18)15(13)17/h5,8-9,11-12,16,19H,3-4,6-7,10H2,1-2H3. The van der Waals surface area contributed by atoms with Crippen molar-refractivity contribution in [2.24, 2.45) is 11.8 Å². The number of nitrogens with one attached hydrogen (secondary N) is 1. The van der Waals surface area contributed by atoms with Gasteiger partial charge in [-0.25, -0.2) is 4.39 Å². The van der Waals surface area contributed by atoms with Crippen LogP contribution in [0.5, 0.6) is 0 Å². The second kappa shape index (κ2) is 6.71. The Morgan fingerprint density at radius 2 is 2.21 bits per heavy atom. The summed E-state index contributed by atoms with van der Waals surface area (Å²) in [6, 6.07) is 5.29. The van der Waals surface area contributed by atoms with Gasteiger partial charge in [0.2, 0.25) is 0 Å². The Morgan fingerprint density at radius 1 is 1.42 bits per heavy atom. The van der Waals surface area contributed by atoms with Gasteiger partial charge >= 0.3 is 0 Å². The summed E-state index contributed by atoms with van der Waals surface area (Å²) in [5.41, 5.74) is 0.908. The minimum atomic E-state index is -0.317. The van der Waals surface area contributed by atoms with Crippen LogP contribution in [0.3, 0.4) is 0 Å². The first kappa shape index (κ1) is 14.8. The van der Waals surface area contributed by atoms with Crippen LogP contribution < -0.4 is 5.32 Å². The van der Waals surface area contributed by atoms with E-state index in [-0.39, 0.29) is 16.9 Å². The molecular weight excluding hydrogens is 261 g/mol. The first-order valence-corrected chi connectivity index (χ1v) is 7.66. The van der Waals surface area contributed by atoms with Crippen LogP contribution in [0, 0.1) is 17.7 Å². The largest absolute Gasteiger partial charge is 0.313 e. The van der Waals surface area contributed by atoms with Crippen LogP contribution in [-0.2, 0) is 0 Å². The van der Waals surface area contributed by atoms with Crippen molar-refractivity contribution in [1.82, 2.24) is 5.32 Å². The minimum Gasteiger partial charge on any atom is -0.313 e. The predicted octanol–water partition coefficient (Wildman–Crippen LogP) is 4.96. The van der Waals surface area contributed by atoms with Crippen LogP contribution in [0.2, 0.25) is 5.02 Å². The third-order valence-corrected chi connectivity index (χ3v) is 4.90. The summed E-state index contributed by atoms with van der Waals surface area (Å²) in [6.45, 7) is 2.26. The van der Waals surface area contributed by atoms with Crippen LogP contribution in [-0.4, -0.2) is 7.05 Å². The molecule has 1 aliphatic rings. The highest BCUT2D eigenvalue weighted by Crippen LogP contribution is 2.40.